The molecule has 1 aromatic carbocycles. The minimum Gasteiger partial charge on any atom is -0.261 e. The lowest BCUT2D eigenvalue weighted by Gasteiger charge is -2.14. The summed E-state index contributed by atoms with van der Waals surface area (Å²) in [7, 11) is -3.64. The normalized spacial score (nSPS) is 13.4. The van der Waals surface area contributed by atoms with E-state index in [4.69, 9.17) is 15.8 Å². The molecule has 1 N–H and O–H groups in total. The van der Waals surface area contributed by atoms with Crippen LogP contribution < -0.4 is 0 Å². The highest BCUT2D eigenvalue weighted by Gasteiger charge is 2.22. The average molecular weight is 288 g/mol. The topological polar surface area (TPSA) is 84.9 Å². The molecule has 0 aliphatic heterocycles. The van der Waals surface area contributed by atoms with E-state index in [1.54, 1.807) is 24.3 Å². The van der Waals surface area contributed by atoms with Crippen molar-refractivity contribution in [1.29, 1.82) is 0 Å². The second-order valence-electron chi connectivity index (χ2n) is 3.61. The molecular formula is C10H10ClN3O3S. The third-order valence-electron chi connectivity index (χ3n) is 2.10. The van der Waals surface area contributed by atoms with Crippen molar-refractivity contribution in [2.24, 2.45) is 0 Å². The highest BCUT2D eigenvalue weighted by molar-refractivity contribution is 7.86. The molecule has 96 valence electrons. The predicted molar refractivity (Wildman–Crippen MR) is 65.6 cm³/mol. The van der Waals surface area contributed by atoms with Crippen LogP contribution in [0.5, 0.6) is 0 Å². The molecule has 8 heteroatoms. The molecule has 6 nitrogen and oxygen atoms in total. The zero-order valence-electron chi connectivity index (χ0n) is 9.37. The van der Waals surface area contributed by atoms with Crippen LogP contribution in [0.1, 0.15) is 17.5 Å². The van der Waals surface area contributed by atoms with Crippen LogP contribution in [0.3, 0.4) is 0 Å². The Balaban J connectivity index is 2.43. The fourth-order valence-corrected chi connectivity index (χ4v) is 2.20. The molecule has 0 saturated carbocycles. The lowest BCUT2D eigenvalue weighted by atomic mass is 10.1. The van der Waals surface area contributed by atoms with Crippen molar-refractivity contribution >= 4 is 21.7 Å². The molecule has 1 aromatic heterocycles. The molecule has 0 amide bonds. The SMILES string of the molecule is CS(=O)(=O)OC(c1cccc(Cl)c1)c1ncn[nH]1. The maximum Gasteiger partial charge on any atom is 0.265 e. The van der Waals surface area contributed by atoms with Gasteiger partial charge in [0.05, 0.1) is 6.26 Å². The molecule has 1 atom stereocenters. The summed E-state index contributed by atoms with van der Waals surface area (Å²) in [5.74, 6) is 0.294. The predicted octanol–water partition coefficient (Wildman–Crippen LogP) is 1.52. The van der Waals surface area contributed by atoms with E-state index in [-0.39, 0.29) is 0 Å². The van der Waals surface area contributed by atoms with Gasteiger partial charge in [0.25, 0.3) is 10.1 Å². The van der Waals surface area contributed by atoms with Crippen molar-refractivity contribution in [3.05, 3.63) is 47.0 Å². The van der Waals surface area contributed by atoms with Crippen LogP contribution in [-0.4, -0.2) is 29.9 Å². The van der Waals surface area contributed by atoms with Gasteiger partial charge in [0.1, 0.15) is 6.33 Å². The minimum atomic E-state index is -3.64. The molecule has 0 aliphatic rings. The van der Waals surface area contributed by atoms with Gasteiger partial charge in [-0.3, -0.25) is 9.28 Å². The van der Waals surface area contributed by atoms with Crippen LogP contribution in [0.2, 0.25) is 5.02 Å². The summed E-state index contributed by atoms with van der Waals surface area (Å²) < 4.78 is 27.6. The van der Waals surface area contributed by atoms with Gasteiger partial charge in [0, 0.05) is 5.02 Å². The first kappa shape index (κ1) is 13.0. The Morgan fingerprint density at radius 3 is 2.78 bits per heavy atom. The Labute approximate surface area is 109 Å². The third kappa shape index (κ3) is 3.28. The molecule has 0 spiro atoms. The first-order chi connectivity index (χ1) is 8.46. The van der Waals surface area contributed by atoms with Crippen molar-refractivity contribution < 1.29 is 12.6 Å². The number of nitrogens with one attached hydrogen (secondary N) is 1. The number of aromatic amines is 1. The summed E-state index contributed by atoms with van der Waals surface area (Å²) in [6.45, 7) is 0. The fraction of sp³-hybridized carbons (Fsp3) is 0.200. The second-order valence-corrected chi connectivity index (χ2v) is 5.64. The molecule has 2 aromatic rings. The number of benzene rings is 1. The van der Waals surface area contributed by atoms with Crippen molar-refractivity contribution in [2.45, 2.75) is 6.10 Å². The monoisotopic (exact) mass is 287 g/mol. The van der Waals surface area contributed by atoms with E-state index in [2.05, 4.69) is 15.2 Å². The van der Waals surface area contributed by atoms with E-state index in [9.17, 15) is 8.42 Å². The van der Waals surface area contributed by atoms with E-state index >= 15 is 0 Å². The van der Waals surface area contributed by atoms with E-state index in [0.717, 1.165) is 6.26 Å². The van der Waals surface area contributed by atoms with Gasteiger partial charge >= 0.3 is 0 Å². The van der Waals surface area contributed by atoms with Gasteiger partial charge in [-0.15, -0.1) is 0 Å². The standard InChI is InChI=1S/C10H10ClN3O3S/c1-18(15,16)17-9(10-12-6-13-14-10)7-3-2-4-8(11)5-7/h2-6,9H,1H3,(H,12,13,14). The summed E-state index contributed by atoms with van der Waals surface area (Å²) in [6, 6.07) is 6.69. The zero-order valence-corrected chi connectivity index (χ0v) is 10.9. The van der Waals surface area contributed by atoms with Crippen molar-refractivity contribution in [1.82, 2.24) is 15.2 Å². The smallest absolute Gasteiger partial charge is 0.261 e. The zero-order chi connectivity index (χ0) is 13.2. The molecule has 0 bridgehead atoms. The highest BCUT2D eigenvalue weighted by atomic mass is 35.5. The first-order valence-corrected chi connectivity index (χ1v) is 7.14. The number of H-pyrrole nitrogens is 1. The highest BCUT2D eigenvalue weighted by Crippen LogP contribution is 2.26. The summed E-state index contributed by atoms with van der Waals surface area (Å²) in [6.07, 6.45) is 1.36. The van der Waals surface area contributed by atoms with E-state index in [1.165, 1.54) is 6.33 Å². The average Bonchev–Trinajstić information content (AvgIpc) is 2.78. The number of nitrogens with zero attached hydrogens (tertiary/aromatic N) is 2. The molecule has 2 rings (SSSR count). The Morgan fingerprint density at radius 2 is 2.22 bits per heavy atom. The first-order valence-electron chi connectivity index (χ1n) is 4.95. The molecular weight excluding hydrogens is 278 g/mol. The number of hydrogen-bond acceptors (Lipinski definition) is 5. The van der Waals surface area contributed by atoms with Crippen LogP contribution >= 0.6 is 11.6 Å². The summed E-state index contributed by atoms with van der Waals surface area (Å²) >= 11 is 5.87. The molecule has 1 heterocycles. The maximum absolute atomic E-state index is 11.3. The molecule has 1 unspecified atom stereocenters. The van der Waals surface area contributed by atoms with Gasteiger partial charge in [-0.1, -0.05) is 23.7 Å². The molecule has 0 saturated heterocycles. The van der Waals surface area contributed by atoms with Crippen LogP contribution in [0.25, 0.3) is 0 Å². The van der Waals surface area contributed by atoms with Crippen LogP contribution in [0, 0.1) is 0 Å². The van der Waals surface area contributed by atoms with Crippen molar-refractivity contribution in [3.63, 3.8) is 0 Å². The third-order valence-corrected chi connectivity index (χ3v) is 2.88. The summed E-state index contributed by atoms with van der Waals surface area (Å²) in [5, 5.41) is 6.74. The Kier molecular flexibility index (Phi) is 3.65. The van der Waals surface area contributed by atoms with E-state index < -0.39 is 16.2 Å². The molecule has 0 radical (unpaired) electrons. The summed E-state index contributed by atoms with van der Waals surface area (Å²) in [4.78, 5) is 3.91. The Morgan fingerprint density at radius 1 is 1.44 bits per heavy atom. The minimum absolute atomic E-state index is 0.294. The van der Waals surface area contributed by atoms with Gasteiger partial charge < -0.3 is 0 Å². The Hall–Kier alpha value is -1.44. The van der Waals surface area contributed by atoms with Crippen molar-refractivity contribution in [3.8, 4) is 0 Å². The molecule has 0 fully saturated rings. The largest absolute Gasteiger partial charge is 0.265 e. The van der Waals surface area contributed by atoms with Gasteiger partial charge in [-0.2, -0.15) is 13.5 Å². The van der Waals surface area contributed by atoms with Crippen molar-refractivity contribution in [2.75, 3.05) is 6.26 Å². The second kappa shape index (κ2) is 5.05. The lowest BCUT2D eigenvalue weighted by Crippen LogP contribution is -2.13. The number of rotatable bonds is 4. The quantitative estimate of drug-likeness (QED) is 0.862. The Bertz CT molecular complexity index is 628. The summed E-state index contributed by atoms with van der Waals surface area (Å²) in [5.41, 5.74) is 0.574. The van der Waals surface area contributed by atoms with Crippen LogP contribution in [0.15, 0.2) is 30.6 Å². The van der Waals surface area contributed by atoms with Crippen LogP contribution in [-0.2, 0) is 14.3 Å². The van der Waals surface area contributed by atoms with Gasteiger partial charge in [-0.25, -0.2) is 4.98 Å². The lowest BCUT2D eigenvalue weighted by molar-refractivity contribution is 0.246. The van der Waals surface area contributed by atoms with Gasteiger partial charge in [0.15, 0.2) is 11.9 Å². The number of aromatic nitrogens is 3. The molecule has 0 aliphatic carbocycles. The van der Waals surface area contributed by atoms with Gasteiger partial charge in [-0.05, 0) is 17.7 Å². The molecule has 18 heavy (non-hydrogen) atoms. The number of halogens is 1. The van der Waals surface area contributed by atoms with Crippen LogP contribution in [0.4, 0.5) is 0 Å². The van der Waals surface area contributed by atoms with Gasteiger partial charge in [0.2, 0.25) is 0 Å². The van der Waals surface area contributed by atoms with E-state index in [1.807, 2.05) is 0 Å². The fourth-order valence-electron chi connectivity index (χ4n) is 1.44. The maximum atomic E-state index is 11.3. The number of hydrogen-bond donors (Lipinski definition) is 1. The van der Waals surface area contributed by atoms with E-state index in [0.29, 0.717) is 16.4 Å².